The summed E-state index contributed by atoms with van der Waals surface area (Å²) in [7, 11) is 0. The summed E-state index contributed by atoms with van der Waals surface area (Å²) in [5.41, 5.74) is 0.551. The minimum absolute atomic E-state index is 0.0429. The molecule has 2 aromatic heterocycles. The summed E-state index contributed by atoms with van der Waals surface area (Å²) in [5.74, 6) is 2.25. The van der Waals surface area contributed by atoms with Gasteiger partial charge in [-0.2, -0.15) is 10.2 Å². The van der Waals surface area contributed by atoms with Gasteiger partial charge in [0.15, 0.2) is 5.82 Å². The maximum absolute atomic E-state index is 12.6. The van der Waals surface area contributed by atoms with Crippen LogP contribution in [0, 0.1) is 0 Å². The van der Waals surface area contributed by atoms with Crippen LogP contribution in [0.5, 0.6) is 0 Å². The maximum atomic E-state index is 12.6. The number of carbonyl (C=O) groups is 1. The van der Waals surface area contributed by atoms with E-state index in [0.717, 1.165) is 37.7 Å². The number of rotatable bonds is 2. The Morgan fingerprint density at radius 1 is 1.25 bits per heavy atom. The van der Waals surface area contributed by atoms with Gasteiger partial charge >= 0.3 is 0 Å². The van der Waals surface area contributed by atoms with Gasteiger partial charge in [-0.25, -0.2) is 0 Å². The molecule has 1 fully saturated rings. The molecule has 0 radical (unpaired) electrons. The van der Waals surface area contributed by atoms with Crippen molar-refractivity contribution in [2.75, 3.05) is 19.8 Å². The Kier molecular flexibility index (Phi) is 3.97. The summed E-state index contributed by atoms with van der Waals surface area (Å²) in [5, 5.41) is 16.3. The predicted molar refractivity (Wildman–Crippen MR) is 84.3 cm³/mol. The van der Waals surface area contributed by atoms with E-state index in [9.17, 15) is 4.79 Å². The lowest BCUT2D eigenvalue weighted by molar-refractivity contribution is 0.0668. The fourth-order valence-corrected chi connectivity index (χ4v) is 3.55. The second-order valence-electron chi connectivity index (χ2n) is 6.40. The SMILES string of the molecule is C[C@H]1CN(C(=O)c2ccnnc2)Cc2nnc(C3CCOCC3)n21. The molecule has 1 saturated heterocycles. The Hall–Kier alpha value is -2.35. The molecule has 4 rings (SSSR count). The molecule has 1 atom stereocenters. The summed E-state index contributed by atoms with van der Waals surface area (Å²) in [6.07, 6.45) is 5.00. The first-order chi connectivity index (χ1) is 11.7. The molecule has 0 aliphatic carbocycles. The third-order valence-corrected chi connectivity index (χ3v) is 4.76. The van der Waals surface area contributed by atoms with Crippen LogP contribution >= 0.6 is 0 Å². The van der Waals surface area contributed by atoms with Crippen LogP contribution in [0.3, 0.4) is 0 Å². The van der Waals surface area contributed by atoms with Gasteiger partial charge in [-0.15, -0.1) is 10.2 Å². The molecule has 2 aliphatic heterocycles. The number of ether oxygens (including phenoxy) is 1. The van der Waals surface area contributed by atoms with E-state index in [1.807, 2.05) is 0 Å². The van der Waals surface area contributed by atoms with E-state index in [2.05, 4.69) is 31.9 Å². The summed E-state index contributed by atoms with van der Waals surface area (Å²) >= 11 is 0. The first kappa shape index (κ1) is 15.2. The quantitative estimate of drug-likeness (QED) is 0.823. The van der Waals surface area contributed by atoms with E-state index < -0.39 is 0 Å². The standard InChI is InChI=1S/C16H20N6O2/c1-11-9-21(16(23)13-2-5-17-18-8-13)10-14-19-20-15(22(11)14)12-3-6-24-7-4-12/h2,5,8,11-12H,3-4,6-7,9-10H2,1H3/t11-/m0/s1. The highest BCUT2D eigenvalue weighted by Crippen LogP contribution is 2.31. The third-order valence-electron chi connectivity index (χ3n) is 4.76. The van der Waals surface area contributed by atoms with Crippen molar-refractivity contribution in [2.45, 2.75) is 38.3 Å². The summed E-state index contributed by atoms with van der Waals surface area (Å²) < 4.78 is 7.66. The number of hydrogen-bond donors (Lipinski definition) is 0. The molecule has 0 spiro atoms. The Bertz CT molecular complexity index is 725. The van der Waals surface area contributed by atoms with Gasteiger partial charge in [0.1, 0.15) is 5.82 Å². The molecule has 2 aromatic rings. The minimum Gasteiger partial charge on any atom is -0.381 e. The van der Waals surface area contributed by atoms with Crippen LogP contribution in [0.1, 0.15) is 53.7 Å². The number of nitrogens with zero attached hydrogens (tertiary/aromatic N) is 6. The second kappa shape index (κ2) is 6.27. The zero-order valence-corrected chi connectivity index (χ0v) is 13.6. The molecule has 1 amide bonds. The second-order valence-corrected chi connectivity index (χ2v) is 6.40. The maximum Gasteiger partial charge on any atom is 0.256 e. The normalized spacial score (nSPS) is 21.5. The molecular formula is C16H20N6O2. The van der Waals surface area contributed by atoms with Gasteiger partial charge in [-0.1, -0.05) is 0 Å². The lowest BCUT2D eigenvalue weighted by atomic mass is 9.99. The van der Waals surface area contributed by atoms with E-state index in [1.54, 1.807) is 11.0 Å². The van der Waals surface area contributed by atoms with Crippen molar-refractivity contribution in [2.24, 2.45) is 0 Å². The fraction of sp³-hybridized carbons (Fsp3) is 0.562. The van der Waals surface area contributed by atoms with Crippen LogP contribution in [-0.2, 0) is 11.3 Å². The van der Waals surface area contributed by atoms with Crippen molar-refractivity contribution in [1.29, 1.82) is 0 Å². The zero-order valence-electron chi connectivity index (χ0n) is 13.6. The van der Waals surface area contributed by atoms with Crippen LogP contribution in [0.25, 0.3) is 0 Å². The number of amides is 1. The van der Waals surface area contributed by atoms with Crippen molar-refractivity contribution in [3.8, 4) is 0 Å². The fourth-order valence-electron chi connectivity index (χ4n) is 3.55. The molecule has 126 valence electrons. The Balaban J connectivity index is 1.58. The highest BCUT2D eigenvalue weighted by Gasteiger charge is 2.32. The monoisotopic (exact) mass is 328 g/mol. The van der Waals surface area contributed by atoms with Crippen molar-refractivity contribution in [3.05, 3.63) is 35.7 Å². The van der Waals surface area contributed by atoms with Gasteiger partial charge < -0.3 is 14.2 Å². The Morgan fingerprint density at radius 3 is 2.83 bits per heavy atom. The number of aromatic nitrogens is 5. The Labute approximate surface area is 139 Å². The molecule has 0 N–H and O–H groups in total. The molecule has 0 saturated carbocycles. The number of hydrogen-bond acceptors (Lipinski definition) is 6. The van der Waals surface area contributed by atoms with Crippen LogP contribution in [0.15, 0.2) is 18.5 Å². The van der Waals surface area contributed by atoms with Crippen LogP contribution < -0.4 is 0 Å². The van der Waals surface area contributed by atoms with E-state index >= 15 is 0 Å². The van der Waals surface area contributed by atoms with Gasteiger partial charge in [-0.05, 0) is 25.8 Å². The number of fused-ring (bicyclic) bond motifs is 1. The Morgan fingerprint density at radius 2 is 2.08 bits per heavy atom. The minimum atomic E-state index is -0.0429. The molecule has 0 unspecified atom stereocenters. The molecule has 24 heavy (non-hydrogen) atoms. The van der Waals surface area contributed by atoms with Crippen LogP contribution in [0.4, 0.5) is 0 Å². The van der Waals surface area contributed by atoms with Crippen molar-refractivity contribution in [3.63, 3.8) is 0 Å². The molecule has 8 heteroatoms. The number of carbonyl (C=O) groups excluding carboxylic acids is 1. The lowest BCUT2D eigenvalue weighted by Gasteiger charge is -2.34. The van der Waals surface area contributed by atoms with Gasteiger partial charge in [0.25, 0.3) is 5.91 Å². The van der Waals surface area contributed by atoms with Gasteiger partial charge in [0.05, 0.1) is 30.5 Å². The van der Waals surface area contributed by atoms with E-state index in [4.69, 9.17) is 4.74 Å². The highest BCUT2D eigenvalue weighted by atomic mass is 16.5. The van der Waals surface area contributed by atoms with Crippen molar-refractivity contribution < 1.29 is 9.53 Å². The third kappa shape index (κ3) is 2.66. The molecule has 2 aliphatic rings. The van der Waals surface area contributed by atoms with Crippen LogP contribution in [-0.4, -0.2) is 55.5 Å². The van der Waals surface area contributed by atoms with Gasteiger partial charge in [0, 0.05) is 25.7 Å². The van der Waals surface area contributed by atoms with Gasteiger partial charge in [0.2, 0.25) is 0 Å². The molecule has 0 bridgehead atoms. The summed E-state index contributed by atoms with van der Waals surface area (Å²) in [4.78, 5) is 14.5. The molecule has 0 aromatic carbocycles. The van der Waals surface area contributed by atoms with E-state index in [0.29, 0.717) is 24.6 Å². The van der Waals surface area contributed by atoms with Crippen molar-refractivity contribution >= 4 is 5.91 Å². The summed E-state index contributed by atoms with van der Waals surface area (Å²) in [6.45, 7) is 4.78. The van der Waals surface area contributed by atoms with Crippen LogP contribution in [0.2, 0.25) is 0 Å². The van der Waals surface area contributed by atoms with E-state index in [-0.39, 0.29) is 11.9 Å². The van der Waals surface area contributed by atoms with Gasteiger partial charge in [-0.3, -0.25) is 4.79 Å². The van der Waals surface area contributed by atoms with Crippen molar-refractivity contribution in [1.82, 2.24) is 29.9 Å². The smallest absolute Gasteiger partial charge is 0.256 e. The lowest BCUT2D eigenvalue weighted by Crippen LogP contribution is -2.41. The first-order valence-corrected chi connectivity index (χ1v) is 8.31. The topological polar surface area (TPSA) is 86.0 Å². The predicted octanol–water partition coefficient (Wildman–Crippen LogP) is 1.18. The largest absolute Gasteiger partial charge is 0.381 e. The highest BCUT2D eigenvalue weighted by molar-refractivity contribution is 5.93. The average molecular weight is 328 g/mol. The molecule has 8 nitrogen and oxygen atoms in total. The molecular weight excluding hydrogens is 308 g/mol. The van der Waals surface area contributed by atoms with E-state index in [1.165, 1.54) is 12.4 Å². The first-order valence-electron chi connectivity index (χ1n) is 8.31. The summed E-state index contributed by atoms with van der Waals surface area (Å²) in [6, 6.07) is 1.84. The zero-order chi connectivity index (χ0) is 16.5. The average Bonchev–Trinajstić information content (AvgIpc) is 3.07. The molecule has 4 heterocycles.